The number of aryl methyl sites for hydroxylation is 1. The van der Waals surface area contributed by atoms with Gasteiger partial charge in [0.1, 0.15) is 6.04 Å². The molecule has 1 aromatic heterocycles. The van der Waals surface area contributed by atoms with Crippen molar-refractivity contribution < 1.29 is 32.7 Å². The smallest absolute Gasteiger partial charge is 0.417 e. The molecule has 2 atom stereocenters. The van der Waals surface area contributed by atoms with Crippen LogP contribution < -0.4 is 5.32 Å². The zero-order valence-electron chi connectivity index (χ0n) is 21.1. The van der Waals surface area contributed by atoms with Crippen LogP contribution in [0.2, 0.25) is 0 Å². The van der Waals surface area contributed by atoms with Crippen LogP contribution in [-0.2, 0) is 20.6 Å². The first-order chi connectivity index (χ1) is 17.4. The van der Waals surface area contributed by atoms with E-state index in [1.807, 2.05) is 13.8 Å². The van der Waals surface area contributed by atoms with E-state index in [9.17, 15) is 32.7 Å². The number of benzene rings is 1. The number of pyridine rings is 1. The fraction of sp³-hybridized carbons (Fsp3) is 0.481. The van der Waals surface area contributed by atoms with Crippen molar-refractivity contribution in [2.75, 3.05) is 6.54 Å². The van der Waals surface area contributed by atoms with Gasteiger partial charge in [0.15, 0.2) is 0 Å². The van der Waals surface area contributed by atoms with Crippen LogP contribution in [-0.4, -0.2) is 45.4 Å². The fourth-order valence-electron chi connectivity index (χ4n) is 4.75. The molecule has 2 N–H and O–H groups in total. The van der Waals surface area contributed by atoms with E-state index in [-0.39, 0.29) is 28.5 Å². The van der Waals surface area contributed by atoms with E-state index in [4.69, 9.17) is 0 Å². The number of aliphatic carboxylic acids is 1. The van der Waals surface area contributed by atoms with Gasteiger partial charge in [0.2, 0.25) is 11.8 Å². The first kappa shape index (κ1) is 28.1. The second-order valence-corrected chi connectivity index (χ2v) is 9.85. The van der Waals surface area contributed by atoms with Crippen LogP contribution in [0, 0.1) is 12.8 Å². The van der Waals surface area contributed by atoms with Gasteiger partial charge in [0.05, 0.1) is 18.0 Å². The molecule has 1 aromatic carbocycles. The first-order valence-corrected chi connectivity index (χ1v) is 12.3. The third kappa shape index (κ3) is 7.08. The highest BCUT2D eigenvalue weighted by Gasteiger charge is 2.35. The lowest BCUT2D eigenvalue weighted by atomic mass is 9.93. The summed E-state index contributed by atoms with van der Waals surface area (Å²) >= 11 is 0. The van der Waals surface area contributed by atoms with Crippen molar-refractivity contribution in [3.05, 3.63) is 53.3 Å². The molecule has 3 rings (SSSR count). The number of amides is 2. The summed E-state index contributed by atoms with van der Waals surface area (Å²) in [5.74, 6) is -1.72. The predicted molar refractivity (Wildman–Crippen MR) is 131 cm³/mol. The Bertz CT molecular complexity index is 1150. The molecule has 1 fully saturated rings. The van der Waals surface area contributed by atoms with E-state index in [2.05, 4.69) is 10.3 Å². The molecular formula is C27H32F3N3O4. The molecule has 200 valence electrons. The topological polar surface area (TPSA) is 99.6 Å². The van der Waals surface area contributed by atoms with Crippen LogP contribution in [0.15, 0.2) is 36.7 Å². The number of rotatable bonds is 9. The number of carbonyl (C=O) groups is 3. The first-order valence-electron chi connectivity index (χ1n) is 12.3. The summed E-state index contributed by atoms with van der Waals surface area (Å²) in [6.45, 7) is 5.85. The van der Waals surface area contributed by atoms with Crippen molar-refractivity contribution in [3.63, 3.8) is 0 Å². The SMILES string of the molecule is Cc1cccc(C(F)(F)F)c1-c1cncc([C@H](CC(=O)O)NC(=O)C(CC(C)C)N2CCCCC2=O)c1. The van der Waals surface area contributed by atoms with Gasteiger partial charge in [0.25, 0.3) is 0 Å². The molecule has 37 heavy (non-hydrogen) atoms. The Morgan fingerprint density at radius 1 is 1.19 bits per heavy atom. The van der Waals surface area contributed by atoms with Gasteiger partial charge in [-0.2, -0.15) is 13.2 Å². The zero-order valence-corrected chi connectivity index (χ0v) is 21.1. The Morgan fingerprint density at radius 2 is 1.92 bits per heavy atom. The third-order valence-electron chi connectivity index (χ3n) is 6.46. The number of likely N-dealkylation sites (tertiary alicyclic amines) is 1. The molecule has 0 aliphatic carbocycles. The number of carbonyl (C=O) groups excluding carboxylic acids is 2. The average Bonchev–Trinajstić information content (AvgIpc) is 2.81. The number of hydrogen-bond donors (Lipinski definition) is 2. The minimum atomic E-state index is -4.60. The molecule has 0 spiro atoms. The number of carboxylic acids is 1. The summed E-state index contributed by atoms with van der Waals surface area (Å²) in [6, 6.07) is 3.47. The number of carboxylic acid groups (broad SMARTS) is 1. The molecule has 1 aliphatic heterocycles. The van der Waals surface area contributed by atoms with Gasteiger partial charge >= 0.3 is 12.1 Å². The molecule has 1 aliphatic rings. The molecule has 0 saturated carbocycles. The van der Waals surface area contributed by atoms with Crippen LogP contribution in [0.4, 0.5) is 13.2 Å². The summed E-state index contributed by atoms with van der Waals surface area (Å²) < 4.78 is 41.2. The maximum absolute atomic E-state index is 13.7. The quantitative estimate of drug-likeness (QED) is 0.478. The molecule has 1 unspecified atom stereocenters. The van der Waals surface area contributed by atoms with Crippen molar-refractivity contribution >= 4 is 17.8 Å². The Kier molecular flexibility index (Phi) is 8.94. The van der Waals surface area contributed by atoms with Crippen molar-refractivity contribution in [2.45, 2.75) is 71.1 Å². The van der Waals surface area contributed by atoms with Gasteiger partial charge in [-0.05, 0) is 60.9 Å². The normalized spacial score (nSPS) is 16.0. The van der Waals surface area contributed by atoms with E-state index in [0.717, 1.165) is 18.9 Å². The number of nitrogens with one attached hydrogen (secondary N) is 1. The third-order valence-corrected chi connectivity index (χ3v) is 6.46. The number of halogens is 3. The molecule has 0 bridgehead atoms. The van der Waals surface area contributed by atoms with Crippen LogP contribution in [0.25, 0.3) is 11.1 Å². The van der Waals surface area contributed by atoms with E-state index in [1.54, 1.807) is 17.9 Å². The summed E-state index contributed by atoms with van der Waals surface area (Å²) in [4.78, 5) is 43.3. The summed E-state index contributed by atoms with van der Waals surface area (Å²) in [5.41, 5.74) is -0.0733. The van der Waals surface area contributed by atoms with E-state index in [1.165, 1.54) is 24.5 Å². The van der Waals surface area contributed by atoms with E-state index >= 15 is 0 Å². The molecular weight excluding hydrogens is 487 g/mol. The molecule has 2 aromatic rings. The molecule has 0 radical (unpaired) electrons. The molecule has 2 amide bonds. The van der Waals surface area contributed by atoms with Gasteiger partial charge in [-0.25, -0.2) is 0 Å². The molecule has 10 heteroatoms. The summed E-state index contributed by atoms with van der Waals surface area (Å²) in [5, 5.41) is 12.3. The van der Waals surface area contributed by atoms with E-state index in [0.29, 0.717) is 24.9 Å². The van der Waals surface area contributed by atoms with Crippen molar-refractivity contribution in [3.8, 4) is 11.1 Å². The molecule has 1 saturated heterocycles. The van der Waals surface area contributed by atoms with Gasteiger partial charge in [-0.3, -0.25) is 19.4 Å². The predicted octanol–water partition coefficient (Wildman–Crippen LogP) is 5.14. The standard InChI is InChI=1S/C27H32F3N3O4/c1-16(2)11-22(33-10-5-4-9-23(33)34)26(37)32-21(13-24(35)36)18-12-19(15-31-14-18)25-17(3)7-6-8-20(25)27(28,29)30/h6-8,12,14-16,21-22H,4-5,9-11,13H2,1-3H3,(H,32,37)(H,35,36)/t21-,22?/m0/s1. The molecule has 2 heterocycles. The number of hydrogen-bond acceptors (Lipinski definition) is 4. The van der Waals surface area contributed by atoms with Gasteiger partial charge < -0.3 is 15.3 Å². The highest BCUT2D eigenvalue weighted by Crippen LogP contribution is 2.39. The van der Waals surface area contributed by atoms with Crippen molar-refractivity contribution in [2.24, 2.45) is 5.92 Å². The van der Waals surface area contributed by atoms with Crippen LogP contribution in [0.5, 0.6) is 0 Å². The summed E-state index contributed by atoms with van der Waals surface area (Å²) in [6.07, 6.45) is -0.199. The Balaban J connectivity index is 1.98. The minimum absolute atomic E-state index is 0.0543. The second-order valence-electron chi connectivity index (χ2n) is 9.85. The number of aromatic nitrogens is 1. The Morgan fingerprint density at radius 3 is 2.54 bits per heavy atom. The number of piperidine rings is 1. The number of nitrogens with zero attached hydrogens (tertiary/aromatic N) is 2. The Labute approximate surface area is 214 Å². The van der Waals surface area contributed by atoms with Crippen molar-refractivity contribution in [1.29, 1.82) is 0 Å². The van der Waals surface area contributed by atoms with Crippen LogP contribution in [0.3, 0.4) is 0 Å². The number of alkyl halides is 3. The highest BCUT2D eigenvalue weighted by atomic mass is 19.4. The second kappa shape index (κ2) is 11.7. The monoisotopic (exact) mass is 519 g/mol. The largest absolute Gasteiger partial charge is 0.481 e. The maximum Gasteiger partial charge on any atom is 0.417 e. The highest BCUT2D eigenvalue weighted by molar-refractivity contribution is 5.88. The van der Waals surface area contributed by atoms with Crippen molar-refractivity contribution in [1.82, 2.24) is 15.2 Å². The lowest BCUT2D eigenvalue weighted by molar-refractivity contribution is -0.144. The van der Waals surface area contributed by atoms with Gasteiger partial charge in [-0.1, -0.05) is 26.0 Å². The minimum Gasteiger partial charge on any atom is -0.481 e. The summed E-state index contributed by atoms with van der Waals surface area (Å²) in [7, 11) is 0. The Hall–Kier alpha value is -3.43. The molecule has 7 nitrogen and oxygen atoms in total. The average molecular weight is 520 g/mol. The maximum atomic E-state index is 13.7. The zero-order chi connectivity index (χ0) is 27.3. The van der Waals surface area contributed by atoms with Crippen LogP contribution >= 0.6 is 0 Å². The van der Waals surface area contributed by atoms with Gasteiger partial charge in [0, 0.05) is 30.9 Å². The lowest BCUT2D eigenvalue weighted by Gasteiger charge is -2.35. The van der Waals surface area contributed by atoms with Gasteiger partial charge in [-0.15, -0.1) is 0 Å². The fourth-order valence-corrected chi connectivity index (χ4v) is 4.75. The van der Waals surface area contributed by atoms with E-state index < -0.39 is 42.1 Å². The van der Waals surface area contributed by atoms with Crippen LogP contribution in [0.1, 0.15) is 68.7 Å². The lowest BCUT2D eigenvalue weighted by Crippen LogP contribution is -2.52.